The SMILES string of the molecule is O=C(O)C1(c2ccccc2O)C=CC=CC1O.O=S([O-])[O-].[Na+].[Na+]. The molecule has 0 heterocycles. The summed E-state index contributed by atoms with van der Waals surface area (Å²) in [6, 6.07) is 6.12. The van der Waals surface area contributed by atoms with Crippen molar-refractivity contribution >= 4 is 17.3 Å². The first kappa shape index (κ1) is 25.2. The average Bonchev–Trinajstić information content (AvgIpc) is 2.39. The van der Waals surface area contributed by atoms with Crippen LogP contribution in [-0.2, 0) is 21.6 Å². The molecule has 2 rings (SSSR count). The van der Waals surface area contributed by atoms with Gasteiger partial charge >= 0.3 is 65.1 Å². The van der Waals surface area contributed by atoms with Crippen LogP contribution in [0, 0.1) is 0 Å². The molecule has 0 fully saturated rings. The summed E-state index contributed by atoms with van der Waals surface area (Å²) >= 11 is -3.11. The predicted molar refractivity (Wildman–Crippen MR) is 71.4 cm³/mol. The second kappa shape index (κ2) is 11.5. The zero-order valence-electron chi connectivity index (χ0n) is 12.6. The van der Waals surface area contributed by atoms with Crippen molar-refractivity contribution in [2.24, 2.45) is 0 Å². The molecule has 0 saturated heterocycles. The van der Waals surface area contributed by atoms with Crippen LogP contribution in [0.4, 0.5) is 0 Å². The van der Waals surface area contributed by atoms with Crippen molar-refractivity contribution < 1.29 is 92.5 Å². The largest absolute Gasteiger partial charge is 1.00 e. The van der Waals surface area contributed by atoms with Gasteiger partial charge in [-0.1, -0.05) is 42.5 Å². The molecule has 2 unspecified atom stereocenters. The summed E-state index contributed by atoms with van der Waals surface area (Å²) < 4.78 is 25.3. The maximum absolute atomic E-state index is 11.5. The molecule has 0 saturated carbocycles. The Morgan fingerprint density at radius 3 is 2.13 bits per heavy atom. The molecule has 0 bridgehead atoms. The van der Waals surface area contributed by atoms with Gasteiger partial charge in [0.15, 0.2) is 0 Å². The second-order valence-corrected chi connectivity index (χ2v) is 4.49. The number of allylic oxidation sites excluding steroid dienone is 2. The molecule has 10 heteroatoms. The van der Waals surface area contributed by atoms with Gasteiger partial charge in [-0.2, -0.15) is 0 Å². The second-order valence-electron chi connectivity index (χ2n) is 4.08. The Hall–Kier alpha value is 0. The summed E-state index contributed by atoms with van der Waals surface area (Å²) in [5.41, 5.74) is -1.44. The Kier molecular flexibility index (Phi) is 12.7. The van der Waals surface area contributed by atoms with Crippen LogP contribution in [0.5, 0.6) is 5.75 Å². The smallest absolute Gasteiger partial charge is 0.784 e. The number of aliphatic hydroxyl groups is 1. The van der Waals surface area contributed by atoms with Gasteiger partial charge in [-0.15, -0.1) is 11.4 Å². The van der Waals surface area contributed by atoms with Crippen molar-refractivity contribution in [2.75, 3.05) is 0 Å². The minimum Gasteiger partial charge on any atom is -0.784 e. The molecule has 114 valence electrons. The zero-order valence-corrected chi connectivity index (χ0v) is 17.4. The van der Waals surface area contributed by atoms with Gasteiger partial charge in [0.2, 0.25) is 0 Å². The maximum atomic E-state index is 11.5. The fourth-order valence-electron chi connectivity index (χ4n) is 2.01. The third kappa shape index (κ3) is 6.43. The minimum atomic E-state index is -3.11. The van der Waals surface area contributed by atoms with Crippen molar-refractivity contribution in [2.45, 2.75) is 11.5 Å². The third-order valence-electron chi connectivity index (χ3n) is 2.93. The molecule has 1 aromatic rings. The number of aliphatic hydroxyl groups excluding tert-OH is 1. The number of aromatic hydroxyl groups is 1. The van der Waals surface area contributed by atoms with Crippen LogP contribution in [0.3, 0.4) is 0 Å². The number of carboxylic acid groups (broad SMARTS) is 1. The van der Waals surface area contributed by atoms with Gasteiger partial charge in [-0.25, -0.2) is 0 Å². The van der Waals surface area contributed by atoms with Crippen molar-refractivity contribution in [3.8, 4) is 5.75 Å². The fourth-order valence-corrected chi connectivity index (χ4v) is 2.01. The van der Waals surface area contributed by atoms with Crippen LogP contribution in [0.2, 0.25) is 0 Å². The first-order chi connectivity index (χ1) is 9.82. The maximum Gasteiger partial charge on any atom is 1.00 e. The summed E-state index contributed by atoms with van der Waals surface area (Å²) in [4.78, 5) is 11.5. The Bertz CT molecular complexity index is 602. The summed E-state index contributed by atoms with van der Waals surface area (Å²) in [5.74, 6) is -1.35. The number of benzene rings is 1. The number of carbonyl (C=O) groups is 1. The Balaban J connectivity index is 0. The zero-order chi connectivity index (χ0) is 16.0. The Morgan fingerprint density at radius 1 is 1.17 bits per heavy atom. The molecule has 1 aliphatic carbocycles. The van der Waals surface area contributed by atoms with Gasteiger partial charge in [-0.3, -0.25) is 9.00 Å². The van der Waals surface area contributed by atoms with Gasteiger partial charge in [0, 0.05) is 5.56 Å². The van der Waals surface area contributed by atoms with E-state index in [4.69, 9.17) is 13.3 Å². The molecule has 0 amide bonds. The van der Waals surface area contributed by atoms with E-state index in [-0.39, 0.29) is 70.4 Å². The van der Waals surface area contributed by atoms with Crippen LogP contribution >= 0.6 is 0 Å². The molecule has 23 heavy (non-hydrogen) atoms. The van der Waals surface area contributed by atoms with Gasteiger partial charge in [-0.05, 0) is 6.07 Å². The number of aliphatic carboxylic acids is 1. The number of phenolic OH excluding ortho intramolecular Hbond substituents is 1. The minimum absolute atomic E-state index is 0. The standard InChI is InChI=1S/C13H12O4.2Na.H2O3S/c14-10-6-2-1-5-9(10)13(12(16)17)8-4-3-7-11(13)15;;;1-4(2)3/h1-8,11,14-15H,(H,16,17);;;(H2,1,2,3)/q;2*+1;/p-2. The first-order valence-electron chi connectivity index (χ1n) is 5.65. The molecule has 0 aromatic heterocycles. The molecular formula is C13H12Na2O7S. The fraction of sp³-hybridized carbons (Fsp3) is 0.154. The summed E-state index contributed by atoms with van der Waals surface area (Å²) in [6.07, 6.45) is 4.69. The predicted octanol–water partition coefficient (Wildman–Crippen LogP) is -5.79. The van der Waals surface area contributed by atoms with Crippen molar-refractivity contribution in [3.63, 3.8) is 0 Å². The molecule has 0 spiro atoms. The van der Waals surface area contributed by atoms with Crippen LogP contribution in [0.1, 0.15) is 5.56 Å². The molecule has 0 aliphatic heterocycles. The first-order valence-corrected chi connectivity index (χ1v) is 6.65. The van der Waals surface area contributed by atoms with Crippen LogP contribution in [0.25, 0.3) is 0 Å². The molecule has 7 nitrogen and oxygen atoms in total. The number of phenols is 1. The van der Waals surface area contributed by atoms with Gasteiger partial charge in [0.1, 0.15) is 11.2 Å². The van der Waals surface area contributed by atoms with Crippen molar-refractivity contribution in [1.82, 2.24) is 0 Å². The van der Waals surface area contributed by atoms with Crippen LogP contribution in [-0.4, -0.2) is 40.7 Å². The number of hydrogen-bond donors (Lipinski definition) is 3. The average molecular weight is 358 g/mol. The summed E-state index contributed by atoms with van der Waals surface area (Å²) in [6.45, 7) is 0. The summed E-state index contributed by atoms with van der Waals surface area (Å²) in [5, 5.41) is 29.1. The summed E-state index contributed by atoms with van der Waals surface area (Å²) in [7, 11) is 0. The number of para-hydroxylation sites is 1. The van der Waals surface area contributed by atoms with Gasteiger partial charge in [0.05, 0.1) is 6.10 Å². The Morgan fingerprint density at radius 2 is 1.70 bits per heavy atom. The molecular weight excluding hydrogens is 346 g/mol. The van der Waals surface area contributed by atoms with Crippen molar-refractivity contribution in [1.29, 1.82) is 0 Å². The third-order valence-corrected chi connectivity index (χ3v) is 2.93. The van der Waals surface area contributed by atoms with E-state index in [9.17, 15) is 20.1 Å². The van der Waals surface area contributed by atoms with E-state index in [1.165, 1.54) is 24.3 Å². The normalized spacial score (nSPS) is 21.5. The van der Waals surface area contributed by atoms with Crippen LogP contribution in [0.15, 0.2) is 48.6 Å². The van der Waals surface area contributed by atoms with E-state index in [2.05, 4.69) is 0 Å². The van der Waals surface area contributed by atoms with E-state index < -0.39 is 28.8 Å². The molecule has 1 aromatic carbocycles. The topological polar surface area (TPSA) is 141 Å². The van der Waals surface area contributed by atoms with E-state index >= 15 is 0 Å². The Labute approximate surface area is 179 Å². The molecule has 2 atom stereocenters. The van der Waals surface area contributed by atoms with Crippen LogP contribution < -0.4 is 59.1 Å². The van der Waals surface area contributed by atoms with Gasteiger partial charge < -0.3 is 24.4 Å². The van der Waals surface area contributed by atoms with E-state index in [0.717, 1.165) is 0 Å². The molecule has 1 aliphatic rings. The quantitative estimate of drug-likeness (QED) is 0.353. The monoisotopic (exact) mass is 358 g/mol. The van der Waals surface area contributed by atoms with E-state index in [0.29, 0.717) is 0 Å². The van der Waals surface area contributed by atoms with Gasteiger partial charge in [0.25, 0.3) is 0 Å². The number of carboxylic acids is 1. The van der Waals surface area contributed by atoms with E-state index in [1.54, 1.807) is 24.3 Å². The number of rotatable bonds is 2. The molecule has 0 radical (unpaired) electrons. The van der Waals surface area contributed by atoms with E-state index in [1.807, 2.05) is 0 Å². The molecule has 3 N–H and O–H groups in total. The van der Waals surface area contributed by atoms with Crippen molar-refractivity contribution in [3.05, 3.63) is 54.1 Å². The number of hydrogen-bond acceptors (Lipinski definition) is 6.